The third-order valence-corrected chi connectivity index (χ3v) is 4.09. The molecule has 0 saturated carbocycles. The maximum Gasteiger partial charge on any atom is 0.346 e. The van der Waals surface area contributed by atoms with Crippen LogP contribution in [-0.4, -0.2) is 31.2 Å². The van der Waals surface area contributed by atoms with Crippen molar-refractivity contribution in [3.63, 3.8) is 0 Å². The molecule has 3 rings (SSSR count). The van der Waals surface area contributed by atoms with Crippen LogP contribution in [0.5, 0.6) is 0 Å². The molecule has 108 valence electrons. The Hall–Kier alpha value is -2.55. The Labute approximate surface area is 122 Å². The standard InChI is InChI=1S/C12H11N5O3S/c1-5-8-10(13-3-7-16-6(2)20-17-7)14-4-15-11(8)21-9(5)12(18)19/h4H,3H2,1-2H3,(H,18,19)(H,13,14,15). The largest absolute Gasteiger partial charge is 0.477 e. The molecular formula is C12H11N5O3S. The first-order valence-corrected chi connectivity index (χ1v) is 6.88. The summed E-state index contributed by atoms with van der Waals surface area (Å²) in [6.45, 7) is 3.79. The second-order valence-corrected chi connectivity index (χ2v) is 5.35. The van der Waals surface area contributed by atoms with Gasteiger partial charge in [-0.05, 0) is 12.5 Å². The highest BCUT2D eigenvalue weighted by Crippen LogP contribution is 2.33. The van der Waals surface area contributed by atoms with Gasteiger partial charge in [0.2, 0.25) is 5.89 Å². The van der Waals surface area contributed by atoms with Crippen molar-refractivity contribution in [1.82, 2.24) is 20.1 Å². The normalized spacial score (nSPS) is 11.0. The molecule has 0 atom stereocenters. The summed E-state index contributed by atoms with van der Waals surface area (Å²) >= 11 is 1.13. The number of fused-ring (bicyclic) bond motifs is 1. The van der Waals surface area contributed by atoms with Crippen LogP contribution in [0.3, 0.4) is 0 Å². The third-order valence-electron chi connectivity index (χ3n) is 2.90. The highest BCUT2D eigenvalue weighted by atomic mass is 32.1. The lowest BCUT2D eigenvalue weighted by Gasteiger charge is -2.04. The first-order valence-electron chi connectivity index (χ1n) is 6.06. The zero-order valence-electron chi connectivity index (χ0n) is 11.2. The summed E-state index contributed by atoms with van der Waals surface area (Å²) in [6, 6.07) is 0. The second kappa shape index (κ2) is 5.09. The minimum atomic E-state index is -0.963. The smallest absolute Gasteiger partial charge is 0.346 e. The number of thiophene rings is 1. The van der Waals surface area contributed by atoms with Gasteiger partial charge in [0.15, 0.2) is 5.82 Å². The topological polar surface area (TPSA) is 114 Å². The van der Waals surface area contributed by atoms with Crippen molar-refractivity contribution < 1.29 is 14.4 Å². The molecule has 0 unspecified atom stereocenters. The van der Waals surface area contributed by atoms with Gasteiger partial charge in [-0.1, -0.05) is 5.16 Å². The third kappa shape index (κ3) is 2.42. The Bertz CT molecular complexity index is 826. The molecule has 21 heavy (non-hydrogen) atoms. The Balaban J connectivity index is 1.96. The van der Waals surface area contributed by atoms with Gasteiger partial charge >= 0.3 is 5.97 Å². The number of carbonyl (C=O) groups is 1. The second-order valence-electron chi connectivity index (χ2n) is 4.35. The van der Waals surface area contributed by atoms with E-state index in [1.54, 1.807) is 13.8 Å². The predicted octanol–water partition coefficient (Wildman–Crippen LogP) is 2.00. The molecule has 0 aromatic carbocycles. The summed E-state index contributed by atoms with van der Waals surface area (Å²) in [5.41, 5.74) is 0.648. The molecule has 0 aliphatic heterocycles. The first-order chi connectivity index (χ1) is 10.1. The molecule has 2 N–H and O–H groups in total. The van der Waals surface area contributed by atoms with Gasteiger partial charge in [-0.2, -0.15) is 4.98 Å². The van der Waals surface area contributed by atoms with Gasteiger partial charge in [-0.3, -0.25) is 0 Å². The molecule has 0 bridgehead atoms. The van der Waals surface area contributed by atoms with Crippen LogP contribution in [0.2, 0.25) is 0 Å². The Kier molecular flexibility index (Phi) is 3.26. The molecule has 0 amide bonds. The van der Waals surface area contributed by atoms with Crippen molar-refractivity contribution in [3.05, 3.63) is 28.5 Å². The first kappa shape index (κ1) is 13.4. The number of carboxylic acids is 1. The molecule has 0 aliphatic rings. The fourth-order valence-corrected chi connectivity index (χ4v) is 2.97. The zero-order valence-corrected chi connectivity index (χ0v) is 12.1. The van der Waals surface area contributed by atoms with E-state index in [4.69, 9.17) is 4.52 Å². The number of aromatic carboxylic acids is 1. The summed E-state index contributed by atoms with van der Waals surface area (Å²) < 4.78 is 4.89. The van der Waals surface area contributed by atoms with E-state index in [1.165, 1.54) is 6.33 Å². The van der Waals surface area contributed by atoms with Gasteiger partial charge in [0, 0.05) is 6.92 Å². The van der Waals surface area contributed by atoms with Crippen molar-refractivity contribution >= 4 is 33.3 Å². The van der Waals surface area contributed by atoms with E-state index in [-0.39, 0.29) is 4.88 Å². The van der Waals surface area contributed by atoms with E-state index in [0.29, 0.717) is 39.9 Å². The highest BCUT2D eigenvalue weighted by molar-refractivity contribution is 7.20. The molecule has 0 fully saturated rings. The number of rotatable bonds is 4. The number of aromatic nitrogens is 4. The molecule has 0 radical (unpaired) electrons. The molecule has 0 saturated heterocycles. The number of hydrogen-bond donors (Lipinski definition) is 2. The monoisotopic (exact) mass is 305 g/mol. The van der Waals surface area contributed by atoms with Crippen LogP contribution in [0.4, 0.5) is 5.82 Å². The Morgan fingerprint density at radius 2 is 2.24 bits per heavy atom. The average molecular weight is 305 g/mol. The van der Waals surface area contributed by atoms with Crippen molar-refractivity contribution in [2.75, 3.05) is 5.32 Å². The lowest BCUT2D eigenvalue weighted by molar-refractivity contribution is 0.0701. The summed E-state index contributed by atoms with van der Waals surface area (Å²) in [5.74, 6) is 0.587. The van der Waals surface area contributed by atoms with Gasteiger partial charge in [0.1, 0.15) is 21.9 Å². The van der Waals surface area contributed by atoms with E-state index < -0.39 is 5.97 Å². The van der Waals surface area contributed by atoms with Gasteiger partial charge in [0.25, 0.3) is 0 Å². The van der Waals surface area contributed by atoms with E-state index in [0.717, 1.165) is 11.3 Å². The quantitative estimate of drug-likeness (QED) is 0.752. The summed E-state index contributed by atoms with van der Waals surface area (Å²) in [5, 5.41) is 16.8. The predicted molar refractivity (Wildman–Crippen MR) is 75.5 cm³/mol. The van der Waals surface area contributed by atoms with E-state index in [2.05, 4.69) is 25.4 Å². The summed E-state index contributed by atoms with van der Waals surface area (Å²) in [7, 11) is 0. The van der Waals surface area contributed by atoms with Crippen LogP contribution in [-0.2, 0) is 6.54 Å². The molecule has 3 aromatic rings. The Morgan fingerprint density at radius 3 is 2.90 bits per heavy atom. The van der Waals surface area contributed by atoms with Crippen molar-refractivity contribution in [3.8, 4) is 0 Å². The van der Waals surface area contributed by atoms with Crippen LogP contribution >= 0.6 is 11.3 Å². The van der Waals surface area contributed by atoms with Gasteiger partial charge in [0.05, 0.1) is 11.9 Å². The summed E-state index contributed by atoms with van der Waals surface area (Å²) in [6.07, 6.45) is 1.40. The molecule has 9 heteroatoms. The van der Waals surface area contributed by atoms with Crippen LogP contribution in [0.15, 0.2) is 10.9 Å². The van der Waals surface area contributed by atoms with Crippen LogP contribution < -0.4 is 5.32 Å². The maximum absolute atomic E-state index is 11.2. The minimum Gasteiger partial charge on any atom is -0.477 e. The minimum absolute atomic E-state index is 0.268. The number of nitrogens with zero attached hydrogens (tertiary/aromatic N) is 4. The number of carboxylic acid groups (broad SMARTS) is 1. The van der Waals surface area contributed by atoms with Gasteiger partial charge < -0.3 is 14.9 Å². The SMILES string of the molecule is Cc1nc(CNc2ncnc3sc(C(=O)O)c(C)c23)no1. The number of nitrogens with one attached hydrogen (secondary N) is 1. The van der Waals surface area contributed by atoms with Crippen molar-refractivity contribution in [2.24, 2.45) is 0 Å². The maximum atomic E-state index is 11.2. The Morgan fingerprint density at radius 1 is 1.43 bits per heavy atom. The fraction of sp³-hybridized carbons (Fsp3) is 0.250. The number of aryl methyl sites for hydroxylation is 2. The summed E-state index contributed by atoms with van der Waals surface area (Å²) in [4.78, 5) is 24.5. The number of anilines is 1. The van der Waals surface area contributed by atoms with E-state index in [9.17, 15) is 9.90 Å². The molecule has 0 spiro atoms. The number of hydrogen-bond acceptors (Lipinski definition) is 8. The van der Waals surface area contributed by atoms with E-state index in [1.807, 2.05) is 0 Å². The average Bonchev–Trinajstić information content (AvgIpc) is 3.01. The highest BCUT2D eigenvalue weighted by Gasteiger charge is 2.18. The molecule has 3 aromatic heterocycles. The molecule has 3 heterocycles. The lowest BCUT2D eigenvalue weighted by atomic mass is 10.2. The van der Waals surface area contributed by atoms with E-state index >= 15 is 0 Å². The van der Waals surface area contributed by atoms with Crippen molar-refractivity contribution in [1.29, 1.82) is 0 Å². The van der Waals surface area contributed by atoms with Gasteiger partial charge in [-0.15, -0.1) is 11.3 Å². The van der Waals surface area contributed by atoms with Crippen LogP contribution in [0, 0.1) is 13.8 Å². The molecule has 0 aliphatic carbocycles. The lowest BCUT2D eigenvalue weighted by Crippen LogP contribution is -2.04. The molecule has 8 nitrogen and oxygen atoms in total. The van der Waals surface area contributed by atoms with Crippen molar-refractivity contribution in [2.45, 2.75) is 20.4 Å². The van der Waals surface area contributed by atoms with Crippen LogP contribution in [0.1, 0.15) is 27.0 Å². The fourth-order valence-electron chi connectivity index (χ4n) is 1.99. The van der Waals surface area contributed by atoms with Crippen LogP contribution in [0.25, 0.3) is 10.2 Å². The zero-order chi connectivity index (χ0) is 15.0. The van der Waals surface area contributed by atoms with Gasteiger partial charge in [-0.25, -0.2) is 14.8 Å². The molecular weight excluding hydrogens is 294 g/mol.